The second kappa shape index (κ2) is 5.31. The van der Waals surface area contributed by atoms with E-state index in [9.17, 15) is 0 Å². The summed E-state index contributed by atoms with van der Waals surface area (Å²) in [6.07, 6.45) is 5.24. The summed E-state index contributed by atoms with van der Waals surface area (Å²) in [5.74, 6) is 0. The molecule has 0 saturated heterocycles. The van der Waals surface area contributed by atoms with Crippen LogP contribution in [0, 0.1) is 0 Å². The SMILES string of the molecule is C=CCc1cccc(/C=C(\C)[Si](C)(C)C)c1. The molecule has 1 aromatic rings. The number of allylic oxidation sites excluding steroid dienone is 2. The Morgan fingerprint density at radius 2 is 2.00 bits per heavy atom. The first-order valence-electron chi connectivity index (χ1n) is 5.82. The van der Waals surface area contributed by atoms with Gasteiger partial charge in [-0.25, -0.2) is 0 Å². The maximum absolute atomic E-state index is 3.78. The van der Waals surface area contributed by atoms with Crippen LogP contribution in [0.4, 0.5) is 0 Å². The minimum Gasteiger partial charge on any atom is -0.103 e. The molecule has 0 atom stereocenters. The monoisotopic (exact) mass is 230 g/mol. The average molecular weight is 230 g/mol. The fourth-order valence-electron chi connectivity index (χ4n) is 1.44. The molecule has 0 aliphatic carbocycles. The van der Waals surface area contributed by atoms with Gasteiger partial charge in [-0.1, -0.05) is 61.3 Å². The molecule has 0 fully saturated rings. The van der Waals surface area contributed by atoms with Gasteiger partial charge in [-0.2, -0.15) is 0 Å². The summed E-state index contributed by atoms with van der Waals surface area (Å²) >= 11 is 0. The van der Waals surface area contributed by atoms with Gasteiger partial charge in [-0.3, -0.25) is 0 Å². The molecule has 0 aliphatic rings. The topological polar surface area (TPSA) is 0 Å². The third-order valence-electron chi connectivity index (χ3n) is 2.90. The molecule has 0 nitrogen and oxygen atoms in total. The van der Waals surface area contributed by atoms with Crippen molar-refractivity contribution in [1.29, 1.82) is 0 Å². The van der Waals surface area contributed by atoms with Gasteiger partial charge in [0.25, 0.3) is 0 Å². The molecule has 1 aromatic carbocycles. The predicted octanol–water partition coefficient (Wildman–Crippen LogP) is 4.70. The Morgan fingerprint density at radius 3 is 2.56 bits per heavy atom. The highest BCUT2D eigenvalue weighted by Crippen LogP contribution is 2.18. The summed E-state index contributed by atoms with van der Waals surface area (Å²) in [6.45, 7) is 13.2. The zero-order chi connectivity index (χ0) is 12.2. The van der Waals surface area contributed by atoms with E-state index in [1.807, 2.05) is 6.08 Å². The Balaban J connectivity index is 2.97. The Kier molecular flexibility index (Phi) is 4.31. The Bertz CT molecular complexity index is 394. The molecule has 0 amide bonds. The third-order valence-corrected chi connectivity index (χ3v) is 5.41. The first-order valence-corrected chi connectivity index (χ1v) is 9.32. The number of hydrogen-bond acceptors (Lipinski definition) is 0. The van der Waals surface area contributed by atoms with E-state index < -0.39 is 8.07 Å². The van der Waals surface area contributed by atoms with Gasteiger partial charge in [0, 0.05) is 0 Å². The van der Waals surface area contributed by atoms with Crippen LogP contribution in [0.15, 0.2) is 42.1 Å². The quantitative estimate of drug-likeness (QED) is 0.520. The smallest absolute Gasteiger partial charge is 0.0720 e. The molecule has 86 valence electrons. The Hall–Kier alpha value is -1.08. The van der Waals surface area contributed by atoms with E-state index >= 15 is 0 Å². The van der Waals surface area contributed by atoms with Crippen molar-refractivity contribution in [2.45, 2.75) is 33.0 Å². The Labute approximate surface area is 101 Å². The second-order valence-corrected chi connectivity index (χ2v) is 10.6. The summed E-state index contributed by atoms with van der Waals surface area (Å²) in [7, 11) is -1.14. The Morgan fingerprint density at radius 1 is 1.31 bits per heavy atom. The number of rotatable bonds is 4. The highest BCUT2D eigenvalue weighted by Gasteiger charge is 2.14. The standard InChI is InChI=1S/C15H22Si/c1-6-8-14-9-7-10-15(12-14)11-13(2)16(3,4)5/h6-7,9-12H,1,8H2,2-5H3/b13-11+. The van der Waals surface area contributed by atoms with Gasteiger partial charge in [0.05, 0.1) is 8.07 Å². The highest BCUT2D eigenvalue weighted by atomic mass is 28.3. The van der Waals surface area contributed by atoms with Crippen molar-refractivity contribution in [1.82, 2.24) is 0 Å². The van der Waals surface area contributed by atoms with Crippen molar-refractivity contribution in [3.8, 4) is 0 Å². The van der Waals surface area contributed by atoms with E-state index in [0.29, 0.717) is 0 Å². The van der Waals surface area contributed by atoms with E-state index in [4.69, 9.17) is 0 Å². The van der Waals surface area contributed by atoms with Crippen LogP contribution in [-0.4, -0.2) is 8.07 Å². The maximum atomic E-state index is 3.78. The second-order valence-electron chi connectivity index (χ2n) is 5.32. The minimum atomic E-state index is -1.14. The summed E-state index contributed by atoms with van der Waals surface area (Å²) in [4.78, 5) is 0. The molecule has 0 radical (unpaired) electrons. The van der Waals surface area contributed by atoms with Crippen molar-refractivity contribution in [3.05, 3.63) is 53.2 Å². The van der Waals surface area contributed by atoms with Crippen molar-refractivity contribution < 1.29 is 0 Å². The molecule has 1 rings (SSSR count). The average Bonchev–Trinajstić information content (AvgIpc) is 2.17. The predicted molar refractivity (Wildman–Crippen MR) is 77.3 cm³/mol. The van der Waals surface area contributed by atoms with Gasteiger partial charge in [0.15, 0.2) is 0 Å². The van der Waals surface area contributed by atoms with E-state index in [1.54, 1.807) is 5.20 Å². The largest absolute Gasteiger partial charge is 0.103 e. The van der Waals surface area contributed by atoms with Crippen LogP contribution >= 0.6 is 0 Å². The lowest BCUT2D eigenvalue weighted by Gasteiger charge is -2.17. The van der Waals surface area contributed by atoms with E-state index in [0.717, 1.165) is 6.42 Å². The number of hydrogen-bond donors (Lipinski definition) is 0. The van der Waals surface area contributed by atoms with Crippen molar-refractivity contribution >= 4 is 14.1 Å². The summed E-state index contributed by atoms with van der Waals surface area (Å²) in [6, 6.07) is 8.71. The van der Waals surface area contributed by atoms with Gasteiger partial charge in [-0.05, 0) is 24.5 Å². The van der Waals surface area contributed by atoms with E-state index in [1.165, 1.54) is 11.1 Å². The summed E-state index contributed by atoms with van der Waals surface area (Å²) in [5.41, 5.74) is 2.66. The van der Waals surface area contributed by atoms with Crippen LogP contribution in [0.5, 0.6) is 0 Å². The molecule has 16 heavy (non-hydrogen) atoms. The van der Waals surface area contributed by atoms with Crippen LogP contribution in [0.1, 0.15) is 18.1 Å². The molecule has 0 unspecified atom stereocenters. The summed E-state index contributed by atoms with van der Waals surface area (Å²) < 4.78 is 0. The van der Waals surface area contributed by atoms with Crippen LogP contribution < -0.4 is 0 Å². The van der Waals surface area contributed by atoms with Gasteiger partial charge in [0.2, 0.25) is 0 Å². The lowest BCUT2D eigenvalue weighted by molar-refractivity contribution is 1.27. The molecule has 0 saturated carbocycles. The summed E-state index contributed by atoms with van der Waals surface area (Å²) in [5, 5.41) is 1.54. The maximum Gasteiger partial charge on any atom is 0.0720 e. The normalized spacial score (nSPS) is 12.6. The molecule has 1 heteroatoms. The highest BCUT2D eigenvalue weighted by molar-refractivity contribution is 6.83. The van der Waals surface area contributed by atoms with E-state index in [-0.39, 0.29) is 0 Å². The molecule has 0 spiro atoms. The molecule has 0 aliphatic heterocycles. The van der Waals surface area contributed by atoms with Gasteiger partial charge < -0.3 is 0 Å². The fourth-order valence-corrected chi connectivity index (χ4v) is 2.04. The fraction of sp³-hybridized carbons (Fsp3) is 0.333. The van der Waals surface area contributed by atoms with Gasteiger partial charge >= 0.3 is 0 Å². The van der Waals surface area contributed by atoms with E-state index in [2.05, 4.69) is 63.5 Å². The molecule has 0 N–H and O–H groups in total. The van der Waals surface area contributed by atoms with Gasteiger partial charge in [-0.15, -0.1) is 6.58 Å². The van der Waals surface area contributed by atoms with Crippen LogP contribution in [0.25, 0.3) is 6.08 Å². The zero-order valence-electron chi connectivity index (χ0n) is 10.9. The minimum absolute atomic E-state index is 0.952. The first kappa shape index (κ1) is 13.0. The van der Waals surface area contributed by atoms with Crippen molar-refractivity contribution in [2.24, 2.45) is 0 Å². The third kappa shape index (κ3) is 3.82. The molecule has 0 heterocycles. The van der Waals surface area contributed by atoms with Crippen molar-refractivity contribution in [3.63, 3.8) is 0 Å². The van der Waals surface area contributed by atoms with Crippen LogP contribution in [-0.2, 0) is 6.42 Å². The lowest BCUT2D eigenvalue weighted by Crippen LogP contribution is -2.21. The zero-order valence-corrected chi connectivity index (χ0v) is 11.9. The molecular weight excluding hydrogens is 208 g/mol. The molecular formula is C15H22Si. The van der Waals surface area contributed by atoms with Crippen LogP contribution in [0.3, 0.4) is 0 Å². The first-order chi connectivity index (χ1) is 7.43. The number of benzene rings is 1. The lowest BCUT2D eigenvalue weighted by atomic mass is 10.1. The molecule has 0 aromatic heterocycles. The van der Waals surface area contributed by atoms with Crippen LogP contribution in [0.2, 0.25) is 19.6 Å². The van der Waals surface area contributed by atoms with Gasteiger partial charge in [0.1, 0.15) is 0 Å². The van der Waals surface area contributed by atoms with Crippen molar-refractivity contribution in [2.75, 3.05) is 0 Å². The molecule has 0 bridgehead atoms.